The van der Waals surface area contributed by atoms with Gasteiger partial charge in [-0.3, -0.25) is 4.99 Å². The van der Waals surface area contributed by atoms with E-state index in [0.717, 1.165) is 31.9 Å². The van der Waals surface area contributed by atoms with Gasteiger partial charge in [0.2, 0.25) is 0 Å². The molecule has 26 heavy (non-hydrogen) atoms. The first-order valence-corrected chi connectivity index (χ1v) is 8.95. The first-order chi connectivity index (χ1) is 12.2. The van der Waals surface area contributed by atoms with Crippen molar-refractivity contribution in [2.24, 2.45) is 4.99 Å². The maximum absolute atomic E-state index is 4.52. The van der Waals surface area contributed by atoms with Gasteiger partial charge in [0.15, 0.2) is 5.96 Å². The molecule has 0 aromatic heterocycles. The van der Waals surface area contributed by atoms with Crippen LogP contribution < -0.4 is 10.2 Å². The Bertz CT molecular complexity index is 715. The lowest BCUT2D eigenvalue weighted by Crippen LogP contribution is -2.47. The van der Waals surface area contributed by atoms with Crippen molar-refractivity contribution in [2.75, 3.05) is 39.1 Å². The number of nitrogens with one attached hydrogen (secondary N) is 1. The Morgan fingerprint density at radius 2 is 1.81 bits per heavy atom. The first kappa shape index (κ1) is 20.7. The van der Waals surface area contributed by atoms with Crippen molar-refractivity contribution in [3.63, 3.8) is 0 Å². The largest absolute Gasteiger partial charge is 0.354 e. The minimum atomic E-state index is 0. The van der Waals surface area contributed by atoms with Crippen LogP contribution in [0, 0.1) is 0 Å². The number of hydrogen-bond donors (Lipinski definition) is 1. The first-order valence-electron chi connectivity index (χ1n) is 8.95. The summed E-state index contributed by atoms with van der Waals surface area (Å²) in [5.41, 5.74) is 4.04. The SMILES string of the molecule is CN=C(NCC(Cc1ccccc1)N(C)C)N1CCc2ccccc21.I. The average molecular weight is 464 g/mol. The fraction of sp³-hybridized carbons (Fsp3) is 0.381. The number of aliphatic imine (C=N–C) groups is 1. The van der Waals surface area contributed by atoms with Crippen molar-refractivity contribution in [1.29, 1.82) is 0 Å². The molecule has 3 rings (SSSR count). The molecule has 140 valence electrons. The van der Waals surface area contributed by atoms with Gasteiger partial charge < -0.3 is 15.1 Å². The lowest BCUT2D eigenvalue weighted by molar-refractivity contribution is 0.290. The third-order valence-corrected chi connectivity index (χ3v) is 4.89. The molecule has 0 amide bonds. The van der Waals surface area contributed by atoms with Gasteiger partial charge in [-0.05, 0) is 44.1 Å². The Morgan fingerprint density at radius 3 is 2.50 bits per heavy atom. The van der Waals surface area contributed by atoms with E-state index in [0.29, 0.717) is 6.04 Å². The number of benzene rings is 2. The molecule has 1 aliphatic heterocycles. The van der Waals surface area contributed by atoms with E-state index in [-0.39, 0.29) is 24.0 Å². The third-order valence-electron chi connectivity index (χ3n) is 4.89. The predicted molar refractivity (Wildman–Crippen MR) is 122 cm³/mol. The van der Waals surface area contributed by atoms with E-state index in [9.17, 15) is 0 Å². The van der Waals surface area contributed by atoms with Crippen molar-refractivity contribution < 1.29 is 0 Å². The van der Waals surface area contributed by atoms with Crippen LogP contribution in [0.4, 0.5) is 5.69 Å². The van der Waals surface area contributed by atoms with Crippen LogP contribution in [0.3, 0.4) is 0 Å². The van der Waals surface area contributed by atoms with E-state index >= 15 is 0 Å². The number of para-hydroxylation sites is 1. The Kier molecular flexibility index (Phi) is 7.90. The minimum Gasteiger partial charge on any atom is -0.354 e. The van der Waals surface area contributed by atoms with Crippen LogP contribution in [-0.4, -0.2) is 51.1 Å². The summed E-state index contributed by atoms with van der Waals surface area (Å²) >= 11 is 0. The number of likely N-dealkylation sites (N-methyl/N-ethyl adjacent to an activating group) is 1. The molecule has 2 aromatic rings. The number of anilines is 1. The predicted octanol–water partition coefficient (Wildman–Crippen LogP) is 3.42. The smallest absolute Gasteiger partial charge is 0.198 e. The summed E-state index contributed by atoms with van der Waals surface area (Å²) in [4.78, 5) is 9.10. The minimum absolute atomic E-state index is 0. The van der Waals surface area contributed by atoms with Crippen LogP contribution in [0.5, 0.6) is 0 Å². The molecule has 1 unspecified atom stereocenters. The van der Waals surface area contributed by atoms with Gasteiger partial charge >= 0.3 is 0 Å². The highest BCUT2D eigenvalue weighted by molar-refractivity contribution is 14.0. The quantitative estimate of drug-likeness (QED) is 0.418. The van der Waals surface area contributed by atoms with Crippen LogP contribution >= 0.6 is 24.0 Å². The normalized spacial score (nSPS) is 14.8. The molecule has 2 aromatic carbocycles. The van der Waals surface area contributed by atoms with Crippen LogP contribution in [0.1, 0.15) is 11.1 Å². The third kappa shape index (κ3) is 4.98. The zero-order valence-corrected chi connectivity index (χ0v) is 18.2. The second kappa shape index (κ2) is 9.92. The van der Waals surface area contributed by atoms with E-state index < -0.39 is 0 Å². The van der Waals surface area contributed by atoms with E-state index in [1.165, 1.54) is 16.8 Å². The Hall–Kier alpha value is -1.60. The van der Waals surface area contributed by atoms with Crippen LogP contribution in [0.15, 0.2) is 59.6 Å². The number of guanidine groups is 1. The highest BCUT2D eigenvalue weighted by Gasteiger charge is 2.23. The summed E-state index contributed by atoms with van der Waals surface area (Å²) < 4.78 is 0. The van der Waals surface area contributed by atoms with Crippen molar-refractivity contribution >= 4 is 35.6 Å². The molecule has 5 heteroatoms. The molecule has 1 aliphatic rings. The van der Waals surface area contributed by atoms with Gasteiger partial charge in [-0.25, -0.2) is 0 Å². The molecular weight excluding hydrogens is 435 g/mol. The van der Waals surface area contributed by atoms with Crippen molar-refractivity contribution in [2.45, 2.75) is 18.9 Å². The summed E-state index contributed by atoms with van der Waals surface area (Å²) in [5.74, 6) is 0.963. The number of hydrogen-bond acceptors (Lipinski definition) is 2. The van der Waals surface area contributed by atoms with Crippen molar-refractivity contribution in [1.82, 2.24) is 10.2 Å². The van der Waals surface area contributed by atoms with Gasteiger partial charge in [-0.1, -0.05) is 48.5 Å². The number of halogens is 1. The monoisotopic (exact) mass is 464 g/mol. The van der Waals surface area contributed by atoms with Crippen molar-refractivity contribution in [3.8, 4) is 0 Å². The molecule has 0 saturated carbocycles. The second-order valence-corrected chi connectivity index (χ2v) is 6.77. The average Bonchev–Trinajstić information content (AvgIpc) is 3.06. The molecule has 0 fully saturated rings. The van der Waals surface area contributed by atoms with E-state index in [2.05, 4.69) is 88.8 Å². The molecule has 0 aliphatic carbocycles. The van der Waals surface area contributed by atoms with Gasteiger partial charge in [0.1, 0.15) is 0 Å². The van der Waals surface area contributed by atoms with E-state index in [1.807, 2.05) is 7.05 Å². The topological polar surface area (TPSA) is 30.9 Å². The van der Waals surface area contributed by atoms with Gasteiger partial charge in [0.25, 0.3) is 0 Å². The standard InChI is InChI=1S/C21H28N4.HI/c1-22-21(25-14-13-18-11-7-8-12-20(18)25)23-16-19(24(2)3)15-17-9-5-4-6-10-17;/h4-12,19H,13-16H2,1-3H3,(H,22,23);1H. The van der Waals surface area contributed by atoms with Gasteiger partial charge in [0, 0.05) is 31.9 Å². The lowest BCUT2D eigenvalue weighted by Gasteiger charge is -2.28. The Labute approximate surface area is 174 Å². The summed E-state index contributed by atoms with van der Waals surface area (Å²) in [6.45, 7) is 1.86. The maximum Gasteiger partial charge on any atom is 0.198 e. The fourth-order valence-electron chi connectivity index (χ4n) is 3.39. The van der Waals surface area contributed by atoms with Gasteiger partial charge in [0.05, 0.1) is 0 Å². The van der Waals surface area contributed by atoms with Crippen molar-refractivity contribution in [3.05, 3.63) is 65.7 Å². The van der Waals surface area contributed by atoms with Crippen LogP contribution in [-0.2, 0) is 12.8 Å². The molecule has 4 nitrogen and oxygen atoms in total. The van der Waals surface area contributed by atoms with Gasteiger partial charge in [-0.15, -0.1) is 24.0 Å². The molecule has 1 heterocycles. The number of fused-ring (bicyclic) bond motifs is 1. The Morgan fingerprint density at radius 1 is 1.12 bits per heavy atom. The number of rotatable bonds is 5. The maximum atomic E-state index is 4.52. The Balaban J connectivity index is 0.00000243. The lowest BCUT2D eigenvalue weighted by atomic mass is 10.1. The fourth-order valence-corrected chi connectivity index (χ4v) is 3.39. The van der Waals surface area contributed by atoms with E-state index in [4.69, 9.17) is 0 Å². The highest BCUT2D eigenvalue weighted by atomic mass is 127. The molecule has 0 bridgehead atoms. The molecule has 0 radical (unpaired) electrons. The molecular formula is C21H29IN4. The van der Waals surface area contributed by atoms with Crippen LogP contribution in [0.2, 0.25) is 0 Å². The summed E-state index contributed by atoms with van der Waals surface area (Å²) in [5, 5.41) is 3.59. The summed E-state index contributed by atoms with van der Waals surface area (Å²) in [6, 6.07) is 19.7. The number of nitrogens with zero attached hydrogens (tertiary/aromatic N) is 3. The zero-order valence-electron chi connectivity index (χ0n) is 15.9. The molecule has 0 spiro atoms. The molecule has 1 N–H and O–H groups in total. The molecule has 0 saturated heterocycles. The van der Waals surface area contributed by atoms with Gasteiger partial charge in [-0.2, -0.15) is 0 Å². The zero-order chi connectivity index (χ0) is 17.6. The summed E-state index contributed by atoms with van der Waals surface area (Å²) in [6.07, 6.45) is 2.10. The molecule has 1 atom stereocenters. The second-order valence-electron chi connectivity index (χ2n) is 6.77. The summed E-state index contributed by atoms with van der Waals surface area (Å²) in [7, 11) is 6.15. The van der Waals surface area contributed by atoms with Crippen LogP contribution in [0.25, 0.3) is 0 Å². The van der Waals surface area contributed by atoms with E-state index in [1.54, 1.807) is 0 Å². The highest BCUT2D eigenvalue weighted by Crippen LogP contribution is 2.27.